The summed E-state index contributed by atoms with van der Waals surface area (Å²) in [7, 11) is -4.12. The molecule has 1 heterocycles. The van der Waals surface area contributed by atoms with Gasteiger partial charge in [0.25, 0.3) is 10.0 Å². The van der Waals surface area contributed by atoms with Crippen LogP contribution in [-0.2, 0) is 20.4 Å². The minimum Gasteiger partial charge on any atom is -0.395 e. The summed E-state index contributed by atoms with van der Waals surface area (Å²) < 4.78 is 28.2. The molecular weight excluding hydrogens is 537 g/mol. The van der Waals surface area contributed by atoms with Crippen LogP contribution in [0.3, 0.4) is 0 Å². The summed E-state index contributed by atoms with van der Waals surface area (Å²) >= 11 is 12.0. The van der Waals surface area contributed by atoms with Crippen molar-refractivity contribution in [2.75, 3.05) is 13.2 Å². The number of primary amides is 1. The quantitative estimate of drug-likeness (QED) is 0.221. The normalized spacial score (nSPS) is 20.4. The van der Waals surface area contributed by atoms with Crippen molar-refractivity contribution in [2.24, 2.45) is 11.7 Å². The summed E-state index contributed by atoms with van der Waals surface area (Å²) in [6, 6.07) is 21.5. The van der Waals surface area contributed by atoms with Gasteiger partial charge >= 0.3 is 0 Å². The lowest BCUT2D eigenvalue weighted by Crippen LogP contribution is -2.58. The Hall–Kier alpha value is -3.15. The van der Waals surface area contributed by atoms with Crippen molar-refractivity contribution in [3.63, 3.8) is 0 Å². The number of nitrogens with one attached hydrogen (secondary N) is 3. The molecule has 3 aromatic carbocycles. The van der Waals surface area contributed by atoms with E-state index in [1.165, 1.54) is 29.3 Å². The number of carbonyl (C=O) groups excluding carboxylic acids is 1. The minimum absolute atomic E-state index is 0.0743. The van der Waals surface area contributed by atoms with Crippen LogP contribution < -0.4 is 15.9 Å². The van der Waals surface area contributed by atoms with Crippen LogP contribution in [0.2, 0.25) is 10.0 Å². The van der Waals surface area contributed by atoms with Crippen molar-refractivity contribution < 1.29 is 18.3 Å². The minimum atomic E-state index is -4.12. The second-order valence-electron chi connectivity index (χ2n) is 8.61. The van der Waals surface area contributed by atoms with Gasteiger partial charge in [-0.05, 0) is 47.5 Å². The zero-order valence-electron chi connectivity index (χ0n) is 19.4. The molecule has 1 amide bonds. The number of halogens is 2. The van der Waals surface area contributed by atoms with Gasteiger partial charge in [-0.2, -0.15) is 0 Å². The van der Waals surface area contributed by atoms with Crippen molar-refractivity contribution in [3.8, 4) is 0 Å². The Morgan fingerprint density at radius 2 is 1.65 bits per heavy atom. The molecule has 0 aliphatic carbocycles. The number of hydrazine groups is 1. The zero-order valence-corrected chi connectivity index (χ0v) is 21.8. The van der Waals surface area contributed by atoms with E-state index in [1.54, 1.807) is 24.3 Å². The predicted molar refractivity (Wildman–Crippen MR) is 141 cm³/mol. The van der Waals surface area contributed by atoms with Gasteiger partial charge in [-0.25, -0.2) is 18.6 Å². The van der Waals surface area contributed by atoms with Crippen LogP contribution in [0.4, 0.5) is 0 Å². The van der Waals surface area contributed by atoms with E-state index < -0.39 is 45.9 Å². The van der Waals surface area contributed by atoms with Crippen molar-refractivity contribution in [1.29, 1.82) is 5.41 Å². The summed E-state index contributed by atoms with van der Waals surface area (Å²) in [4.78, 5) is 12.6. The summed E-state index contributed by atoms with van der Waals surface area (Å²) in [6.07, 6.45) is 0. The second-order valence-corrected chi connectivity index (χ2v) is 11.2. The molecule has 1 saturated heterocycles. The molecule has 3 aromatic rings. The number of amides is 1. The molecule has 1 aliphatic rings. The Bertz CT molecular complexity index is 1390. The molecule has 9 nitrogen and oxygen atoms in total. The van der Waals surface area contributed by atoms with E-state index in [2.05, 4.69) is 10.1 Å². The van der Waals surface area contributed by atoms with Gasteiger partial charge in [-0.15, -0.1) is 0 Å². The predicted octanol–water partition coefficient (Wildman–Crippen LogP) is 2.80. The van der Waals surface area contributed by atoms with Crippen LogP contribution in [0.15, 0.2) is 83.8 Å². The molecule has 37 heavy (non-hydrogen) atoms. The molecule has 3 atom stereocenters. The van der Waals surface area contributed by atoms with E-state index in [0.29, 0.717) is 15.6 Å². The summed E-state index contributed by atoms with van der Waals surface area (Å²) in [6.45, 7) is -0.510. The number of guanidine groups is 1. The molecule has 4 rings (SSSR count). The van der Waals surface area contributed by atoms with E-state index in [9.17, 15) is 18.3 Å². The fourth-order valence-electron chi connectivity index (χ4n) is 4.70. The first kappa shape index (κ1) is 26.9. The lowest BCUT2D eigenvalue weighted by Gasteiger charge is -2.40. The van der Waals surface area contributed by atoms with Gasteiger partial charge < -0.3 is 10.8 Å². The third-order valence-electron chi connectivity index (χ3n) is 6.46. The first-order valence-corrected chi connectivity index (χ1v) is 13.5. The summed E-state index contributed by atoms with van der Waals surface area (Å²) in [5.74, 6) is -2.90. The monoisotopic (exact) mass is 561 g/mol. The molecule has 0 spiro atoms. The molecule has 6 N–H and O–H groups in total. The average molecular weight is 562 g/mol. The molecule has 0 radical (unpaired) electrons. The van der Waals surface area contributed by atoms with Crippen LogP contribution in [0, 0.1) is 11.3 Å². The van der Waals surface area contributed by atoms with Crippen LogP contribution in [0.1, 0.15) is 17.0 Å². The maximum Gasteiger partial charge on any atom is 0.264 e. The van der Waals surface area contributed by atoms with Gasteiger partial charge in [0.15, 0.2) is 0 Å². The second kappa shape index (κ2) is 10.7. The number of benzene rings is 3. The lowest BCUT2D eigenvalue weighted by molar-refractivity contribution is -0.126. The highest BCUT2D eigenvalue weighted by Crippen LogP contribution is 2.47. The Morgan fingerprint density at radius 3 is 2.19 bits per heavy atom. The Morgan fingerprint density at radius 1 is 1.08 bits per heavy atom. The van der Waals surface area contributed by atoms with E-state index >= 15 is 0 Å². The Kier molecular flexibility index (Phi) is 7.77. The Balaban J connectivity index is 1.79. The highest BCUT2D eigenvalue weighted by molar-refractivity contribution is 7.90. The number of rotatable bonds is 7. The van der Waals surface area contributed by atoms with E-state index in [1.807, 2.05) is 30.3 Å². The number of nitrogens with two attached hydrogens (primary N) is 1. The number of carbonyl (C=O) groups is 1. The van der Waals surface area contributed by atoms with E-state index in [4.69, 9.17) is 34.3 Å². The third kappa shape index (κ3) is 5.29. The molecule has 12 heteroatoms. The van der Waals surface area contributed by atoms with Crippen LogP contribution in [0.25, 0.3) is 0 Å². The fraction of sp³-hybridized carbons (Fsp3) is 0.200. The smallest absolute Gasteiger partial charge is 0.264 e. The molecule has 0 saturated carbocycles. The Labute approximate surface area is 224 Å². The van der Waals surface area contributed by atoms with Gasteiger partial charge in [0.2, 0.25) is 11.9 Å². The van der Waals surface area contributed by atoms with Crippen LogP contribution >= 0.6 is 23.2 Å². The zero-order chi connectivity index (χ0) is 26.8. The highest BCUT2D eigenvalue weighted by Gasteiger charge is 2.56. The highest BCUT2D eigenvalue weighted by atomic mass is 35.5. The summed E-state index contributed by atoms with van der Waals surface area (Å²) in [5, 5.41) is 21.1. The average Bonchev–Trinajstić information content (AvgIpc) is 3.27. The van der Waals surface area contributed by atoms with Gasteiger partial charge in [-0.3, -0.25) is 15.2 Å². The largest absolute Gasteiger partial charge is 0.395 e. The molecule has 194 valence electrons. The number of aliphatic hydroxyl groups is 1. The number of hydrogen-bond donors (Lipinski definition) is 5. The molecular formula is C25H25Cl2N5O4S. The number of nitrogens with zero attached hydrogens (tertiary/aromatic N) is 1. The van der Waals surface area contributed by atoms with Crippen molar-refractivity contribution in [1.82, 2.24) is 15.2 Å². The van der Waals surface area contributed by atoms with Crippen molar-refractivity contribution in [2.45, 2.75) is 16.4 Å². The lowest BCUT2D eigenvalue weighted by atomic mass is 9.68. The standard InChI is InChI=1S/C25H25Cl2N5O4S/c26-18-8-6-17(7-9-18)25(22(15-33)23(28)34)21(16-4-2-1-3-5-16)14-32(31-25)24(29)30-37(35,36)20-12-10-19(27)11-13-20/h1-13,21-22,31,33H,14-15H2,(H2,28,34)(H2,29,30)/t21-,22-,25?/m1/s1. The van der Waals surface area contributed by atoms with Crippen LogP contribution in [0.5, 0.6) is 0 Å². The molecule has 1 aliphatic heterocycles. The maximum absolute atomic E-state index is 13.0. The van der Waals surface area contributed by atoms with E-state index in [-0.39, 0.29) is 11.4 Å². The van der Waals surface area contributed by atoms with E-state index in [0.717, 1.165) is 5.56 Å². The van der Waals surface area contributed by atoms with Crippen LogP contribution in [-0.4, -0.2) is 43.6 Å². The SMILES string of the molecule is N=C(NS(=O)(=O)c1ccc(Cl)cc1)N1C[C@H](c2ccccc2)C(c2ccc(Cl)cc2)([C@H](CO)C(N)=O)N1. The molecule has 0 bridgehead atoms. The third-order valence-corrected chi connectivity index (χ3v) is 8.32. The topological polar surface area (TPSA) is 149 Å². The van der Waals surface area contributed by atoms with Gasteiger partial charge in [-0.1, -0.05) is 65.7 Å². The van der Waals surface area contributed by atoms with Gasteiger partial charge in [0.1, 0.15) is 0 Å². The maximum atomic E-state index is 13.0. The fourth-order valence-corrected chi connectivity index (χ4v) is 5.93. The number of sulfonamides is 1. The van der Waals surface area contributed by atoms with Gasteiger partial charge in [0.05, 0.1) is 23.0 Å². The number of hydrogen-bond acceptors (Lipinski definition) is 6. The van der Waals surface area contributed by atoms with Crippen molar-refractivity contribution in [3.05, 3.63) is 100 Å². The van der Waals surface area contributed by atoms with Crippen molar-refractivity contribution >= 4 is 45.1 Å². The molecule has 0 aromatic heterocycles. The molecule has 1 fully saturated rings. The first-order valence-electron chi connectivity index (χ1n) is 11.2. The number of aliphatic hydroxyl groups excluding tert-OH is 1. The molecule has 1 unspecified atom stereocenters. The first-order chi connectivity index (χ1) is 17.6. The summed E-state index contributed by atoms with van der Waals surface area (Å²) in [5.41, 5.74) is 8.98. The van der Waals surface area contributed by atoms with Gasteiger partial charge in [0, 0.05) is 22.5 Å².